The summed E-state index contributed by atoms with van der Waals surface area (Å²) < 4.78 is 7.12. The summed E-state index contributed by atoms with van der Waals surface area (Å²) in [7, 11) is 0. The van der Waals surface area contributed by atoms with Gasteiger partial charge in [-0.15, -0.1) is 0 Å². The molecule has 18 heavy (non-hydrogen) atoms. The molecular weight excluding hydrogens is 258 g/mol. The molecule has 0 amide bonds. The number of hydrogen-bond acceptors (Lipinski definition) is 5. The molecule has 1 fully saturated rings. The van der Waals surface area contributed by atoms with Gasteiger partial charge in [-0.1, -0.05) is 11.6 Å². The van der Waals surface area contributed by atoms with Crippen LogP contribution in [0.5, 0.6) is 0 Å². The lowest BCUT2D eigenvalue weighted by Gasteiger charge is -2.12. The van der Waals surface area contributed by atoms with Crippen LogP contribution >= 0.6 is 11.6 Å². The number of pyridine rings is 1. The second-order valence-electron chi connectivity index (χ2n) is 4.23. The summed E-state index contributed by atoms with van der Waals surface area (Å²) in [6.45, 7) is -0.217. The topological polar surface area (TPSA) is 80.4 Å². The van der Waals surface area contributed by atoms with Gasteiger partial charge in [0.2, 0.25) is 0 Å². The van der Waals surface area contributed by atoms with E-state index in [1.165, 1.54) is 0 Å². The highest BCUT2D eigenvalue weighted by atomic mass is 35.5. The number of aliphatic hydroxyl groups excluding tert-OH is 2. The van der Waals surface area contributed by atoms with Gasteiger partial charge in [-0.2, -0.15) is 5.10 Å². The van der Waals surface area contributed by atoms with Crippen molar-refractivity contribution < 1.29 is 14.9 Å². The van der Waals surface area contributed by atoms with E-state index in [0.29, 0.717) is 17.1 Å². The number of rotatable bonds is 2. The monoisotopic (exact) mass is 269 g/mol. The van der Waals surface area contributed by atoms with Gasteiger partial charge in [-0.05, 0) is 6.07 Å². The van der Waals surface area contributed by atoms with Gasteiger partial charge in [0.25, 0.3) is 0 Å². The molecule has 3 rings (SSSR count). The molecule has 0 aromatic carbocycles. The standard InChI is InChI=1S/C11H12ClN3O3/c12-7-1-2-13-11-6(7)4-14-15(11)10-3-8(17)9(5-16)18-10/h1-2,4,8-10,16-17H,3,5H2. The Kier molecular flexibility index (Phi) is 2.95. The van der Waals surface area contributed by atoms with Crippen LogP contribution in [0.25, 0.3) is 11.0 Å². The number of nitrogens with zero attached hydrogens (tertiary/aromatic N) is 3. The highest BCUT2D eigenvalue weighted by Crippen LogP contribution is 2.31. The van der Waals surface area contributed by atoms with Gasteiger partial charge in [0, 0.05) is 12.6 Å². The average molecular weight is 270 g/mol. The second-order valence-corrected chi connectivity index (χ2v) is 4.64. The SMILES string of the molecule is OCC1OC(n2ncc3c(Cl)ccnc32)CC1O. The molecule has 0 saturated carbocycles. The van der Waals surface area contributed by atoms with Gasteiger partial charge in [0.1, 0.15) is 6.10 Å². The number of fused-ring (bicyclic) bond motifs is 1. The molecule has 2 N–H and O–H groups in total. The summed E-state index contributed by atoms with van der Waals surface area (Å²) >= 11 is 6.04. The van der Waals surface area contributed by atoms with Crippen LogP contribution in [0, 0.1) is 0 Å². The molecule has 3 unspecified atom stereocenters. The summed E-state index contributed by atoms with van der Waals surface area (Å²) in [5, 5.41) is 24.3. The number of ether oxygens (including phenoxy) is 1. The molecule has 1 aliphatic heterocycles. The molecule has 3 heterocycles. The van der Waals surface area contributed by atoms with Gasteiger partial charge < -0.3 is 14.9 Å². The van der Waals surface area contributed by atoms with Crippen LogP contribution in [0.4, 0.5) is 0 Å². The summed E-state index contributed by atoms with van der Waals surface area (Å²) in [4.78, 5) is 4.21. The third kappa shape index (κ3) is 1.78. The first-order valence-electron chi connectivity index (χ1n) is 5.63. The van der Waals surface area contributed by atoms with Crippen molar-refractivity contribution in [3.8, 4) is 0 Å². The zero-order valence-corrected chi connectivity index (χ0v) is 10.2. The van der Waals surface area contributed by atoms with E-state index < -0.39 is 18.4 Å². The van der Waals surface area contributed by atoms with Gasteiger partial charge in [-0.25, -0.2) is 9.67 Å². The first-order valence-corrected chi connectivity index (χ1v) is 6.00. The van der Waals surface area contributed by atoms with E-state index in [2.05, 4.69) is 10.1 Å². The van der Waals surface area contributed by atoms with Crippen LogP contribution in [0.15, 0.2) is 18.5 Å². The minimum atomic E-state index is -0.696. The summed E-state index contributed by atoms with van der Waals surface area (Å²) in [6.07, 6.45) is 1.88. The molecule has 0 radical (unpaired) electrons. The third-order valence-electron chi connectivity index (χ3n) is 3.10. The van der Waals surface area contributed by atoms with E-state index in [1.54, 1.807) is 23.1 Å². The molecule has 1 aliphatic rings. The number of hydrogen-bond donors (Lipinski definition) is 2. The van der Waals surface area contributed by atoms with E-state index >= 15 is 0 Å². The summed E-state index contributed by atoms with van der Waals surface area (Å²) in [5.41, 5.74) is 0.610. The summed E-state index contributed by atoms with van der Waals surface area (Å²) in [5.74, 6) is 0. The van der Waals surface area contributed by atoms with E-state index in [-0.39, 0.29) is 6.61 Å². The Labute approximate surface area is 108 Å². The second kappa shape index (κ2) is 4.47. The van der Waals surface area contributed by atoms with Crippen molar-refractivity contribution in [2.45, 2.75) is 24.9 Å². The van der Waals surface area contributed by atoms with Gasteiger partial charge in [-0.3, -0.25) is 0 Å². The Balaban J connectivity index is 1.99. The maximum Gasteiger partial charge on any atom is 0.161 e. The largest absolute Gasteiger partial charge is 0.394 e. The maximum absolute atomic E-state index is 9.71. The molecule has 0 bridgehead atoms. The predicted octanol–water partition coefficient (Wildman–Crippen LogP) is 0.725. The molecule has 1 saturated heterocycles. The molecule has 0 spiro atoms. The van der Waals surface area contributed by atoms with Crippen molar-refractivity contribution in [3.05, 3.63) is 23.5 Å². The Morgan fingerprint density at radius 1 is 1.56 bits per heavy atom. The van der Waals surface area contributed by atoms with E-state index in [9.17, 15) is 5.11 Å². The molecule has 3 atom stereocenters. The van der Waals surface area contributed by atoms with Crippen molar-refractivity contribution in [2.75, 3.05) is 6.61 Å². The Morgan fingerprint density at radius 2 is 2.39 bits per heavy atom. The first-order chi connectivity index (χ1) is 8.70. The lowest BCUT2D eigenvalue weighted by Crippen LogP contribution is -2.24. The van der Waals surface area contributed by atoms with Crippen molar-refractivity contribution in [3.63, 3.8) is 0 Å². The van der Waals surface area contributed by atoms with E-state index in [0.717, 1.165) is 5.39 Å². The van der Waals surface area contributed by atoms with Crippen LogP contribution in [-0.2, 0) is 4.74 Å². The zero-order chi connectivity index (χ0) is 12.7. The normalized spacial score (nSPS) is 28.1. The molecule has 0 aliphatic carbocycles. The van der Waals surface area contributed by atoms with Gasteiger partial charge in [0.05, 0.1) is 29.3 Å². The minimum Gasteiger partial charge on any atom is -0.394 e. The Morgan fingerprint density at radius 3 is 3.11 bits per heavy atom. The van der Waals surface area contributed by atoms with Crippen LogP contribution < -0.4 is 0 Å². The Hall–Kier alpha value is -1.21. The fraction of sp³-hybridized carbons (Fsp3) is 0.455. The van der Waals surface area contributed by atoms with Crippen molar-refractivity contribution in [1.29, 1.82) is 0 Å². The Bertz CT molecular complexity index is 574. The van der Waals surface area contributed by atoms with Crippen molar-refractivity contribution in [2.24, 2.45) is 0 Å². The number of aromatic nitrogens is 3. The summed E-state index contributed by atoms with van der Waals surface area (Å²) in [6, 6.07) is 1.69. The highest BCUT2D eigenvalue weighted by Gasteiger charge is 2.35. The third-order valence-corrected chi connectivity index (χ3v) is 3.43. The van der Waals surface area contributed by atoms with E-state index in [4.69, 9.17) is 21.4 Å². The fourth-order valence-corrected chi connectivity index (χ4v) is 2.35. The first kappa shape index (κ1) is 11.9. The van der Waals surface area contributed by atoms with Crippen molar-refractivity contribution >= 4 is 22.6 Å². The van der Waals surface area contributed by atoms with Crippen LogP contribution in [0.3, 0.4) is 0 Å². The van der Waals surface area contributed by atoms with Gasteiger partial charge in [0.15, 0.2) is 11.9 Å². The molecule has 96 valence electrons. The quantitative estimate of drug-likeness (QED) is 0.840. The van der Waals surface area contributed by atoms with Crippen LogP contribution in [0.1, 0.15) is 12.6 Å². The zero-order valence-electron chi connectivity index (χ0n) is 9.40. The minimum absolute atomic E-state index is 0.217. The molecule has 6 nitrogen and oxygen atoms in total. The molecular formula is C11H12ClN3O3. The van der Waals surface area contributed by atoms with Gasteiger partial charge >= 0.3 is 0 Å². The average Bonchev–Trinajstić information content (AvgIpc) is 2.93. The smallest absolute Gasteiger partial charge is 0.161 e. The maximum atomic E-state index is 9.71. The molecule has 7 heteroatoms. The van der Waals surface area contributed by atoms with Crippen LogP contribution in [0.2, 0.25) is 5.02 Å². The predicted molar refractivity (Wildman–Crippen MR) is 64.2 cm³/mol. The number of aliphatic hydroxyl groups is 2. The highest BCUT2D eigenvalue weighted by molar-refractivity contribution is 6.35. The van der Waals surface area contributed by atoms with Crippen LogP contribution in [-0.4, -0.2) is 43.8 Å². The van der Waals surface area contributed by atoms with Crippen molar-refractivity contribution in [1.82, 2.24) is 14.8 Å². The number of halogens is 1. The van der Waals surface area contributed by atoms with E-state index in [1.807, 2.05) is 0 Å². The lowest BCUT2D eigenvalue weighted by molar-refractivity contribution is -0.0470. The fourth-order valence-electron chi connectivity index (χ4n) is 2.16. The lowest BCUT2D eigenvalue weighted by atomic mass is 10.2. The molecule has 2 aromatic rings. The molecule has 2 aromatic heterocycles.